The molecule has 3 N–H and O–H groups in total. The van der Waals surface area contributed by atoms with Gasteiger partial charge >= 0.3 is 0 Å². The molecule has 1 amide bonds. The van der Waals surface area contributed by atoms with Crippen LogP contribution in [0.2, 0.25) is 0 Å². The Kier molecular flexibility index (Phi) is 3.47. The summed E-state index contributed by atoms with van der Waals surface area (Å²) in [4.78, 5) is 14.2. The van der Waals surface area contributed by atoms with Crippen molar-refractivity contribution in [1.29, 1.82) is 0 Å². The van der Waals surface area contributed by atoms with Crippen molar-refractivity contribution in [3.63, 3.8) is 0 Å². The molecule has 1 aliphatic rings. The molecule has 0 bridgehead atoms. The van der Waals surface area contributed by atoms with Crippen molar-refractivity contribution in [3.05, 3.63) is 17.5 Å². The number of hydrogen-bond donors (Lipinski definition) is 2. The van der Waals surface area contributed by atoms with Crippen LogP contribution in [0.5, 0.6) is 0 Å². The summed E-state index contributed by atoms with van der Waals surface area (Å²) in [7, 11) is 0. The van der Waals surface area contributed by atoms with E-state index in [1.807, 2.05) is 18.7 Å². The van der Waals surface area contributed by atoms with Crippen molar-refractivity contribution in [2.75, 3.05) is 6.54 Å². The molecule has 5 heteroatoms. The normalized spacial score (nSPS) is 22.5. The number of H-pyrrole nitrogens is 1. The maximum atomic E-state index is 12.3. The fourth-order valence-electron chi connectivity index (χ4n) is 2.43. The van der Waals surface area contributed by atoms with Gasteiger partial charge in [-0.05, 0) is 39.2 Å². The molecule has 94 valence electrons. The van der Waals surface area contributed by atoms with E-state index in [0.717, 1.165) is 31.5 Å². The highest BCUT2D eigenvalue weighted by Crippen LogP contribution is 2.21. The summed E-state index contributed by atoms with van der Waals surface area (Å²) in [6.07, 6.45) is 3.20. The Hall–Kier alpha value is -1.36. The molecule has 0 saturated carbocycles. The molecule has 1 fully saturated rings. The fraction of sp³-hybridized carbons (Fsp3) is 0.667. The molecule has 0 aromatic carbocycles. The number of carbonyl (C=O) groups is 1. The number of carbonyl (C=O) groups excluding carboxylic acids is 1. The zero-order chi connectivity index (χ0) is 12.4. The van der Waals surface area contributed by atoms with Crippen LogP contribution in [0.25, 0.3) is 0 Å². The first-order valence-corrected chi connectivity index (χ1v) is 6.18. The van der Waals surface area contributed by atoms with E-state index in [1.54, 1.807) is 6.07 Å². The minimum absolute atomic E-state index is 0.00338. The van der Waals surface area contributed by atoms with Gasteiger partial charge in [0.05, 0.1) is 0 Å². The molecule has 5 nitrogen and oxygen atoms in total. The van der Waals surface area contributed by atoms with Crippen molar-refractivity contribution < 1.29 is 4.79 Å². The van der Waals surface area contributed by atoms with Gasteiger partial charge in [-0.2, -0.15) is 5.10 Å². The van der Waals surface area contributed by atoms with Crippen LogP contribution < -0.4 is 5.73 Å². The third-order valence-electron chi connectivity index (χ3n) is 3.34. The first-order valence-electron chi connectivity index (χ1n) is 6.18. The molecule has 1 saturated heterocycles. The second-order valence-corrected chi connectivity index (χ2v) is 4.86. The number of nitrogens with one attached hydrogen (secondary N) is 1. The number of amides is 1. The molecule has 2 atom stereocenters. The van der Waals surface area contributed by atoms with Gasteiger partial charge in [0, 0.05) is 24.3 Å². The number of piperidine rings is 1. The maximum absolute atomic E-state index is 12.3. The Balaban J connectivity index is 2.16. The molecular weight excluding hydrogens is 216 g/mol. The quantitative estimate of drug-likeness (QED) is 0.806. The van der Waals surface area contributed by atoms with E-state index in [4.69, 9.17) is 5.73 Å². The second kappa shape index (κ2) is 4.87. The number of nitrogens with two attached hydrogens (primary N) is 1. The molecule has 2 rings (SSSR count). The number of aromatic amines is 1. The van der Waals surface area contributed by atoms with Gasteiger partial charge in [0.25, 0.3) is 5.91 Å². The van der Waals surface area contributed by atoms with Crippen LogP contribution in [0.15, 0.2) is 6.07 Å². The average molecular weight is 236 g/mol. The molecule has 0 unspecified atom stereocenters. The predicted octanol–water partition coefficient (Wildman–Crippen LogP) is 1.06. The first kappa shape index (κ1) is 12.1. The topological polar surface area (TPSA) is 75.0 Å². The van der Waals surface area contributed by atoms with E-state index in [-0.39, 0.29) is 18.0 Å². The summed E-state index contributed by atoms with van der Waals surface area (Å²) in [5.74, 6) is -0.00338. The monoisotopic (exact) mass is 236 g/mol. The van der Waals surface area contributed by atoms with Crippen molar-refractivity contribution >= 4 is 5.91 Å². The van der Waals surface area contributed by atoms with Crippen molar-refractivity contribution in [1.82, 2.24) is 15.1 Å². The van der Waals surface area contributed by atoms with Gasteiger partial charge in [-0.25, -0.2) is 0 Å². The summed E-state index contributed by atoms with van der Waals surface area (Å²) in [5.41, 5.74) is 7.36. The van der Waals surface area contributed by atoms with Crippen molar-refractivity contribution in [3.8, 4) is 0 Å². The Bertz CT molecular complexity index is 399. The Morgan fingerprint density at radius 3 is 3.00 bits per heavy atom. The largest absolute Gasteiger partial charge is 0.333 e. The zero-order valence-corrected chi connectivity index (χ0v) is 10.4. The van der Waals surface area contributed by atoms with Gasteiger partial charge in [-0.3, -0.25) is 9.89 Å². The van der Waals surface area contributed by atoms with Gasteiger partial charge in [0.1, 0.15) is 5.69 Å². The molecule has 1 aromatic rings. The maximum Gasteiger partial charge on any atom is 0.274 e. The SMILES string of the molecule is Cc1cc(C(=O)N2CCCC[C@H]2[C@H](C)N)n[nH]1. The minimum atomic E-state index is -0.00338. The van der Waals surface area contributed by atoms with E-state index in [1.165, 1.54) is 0 Å². The van der Waals surface area contributed by atoms with Crippen molar-refractivity contribution in [2.24, 2.45) is 5.73 Å². The van der Waals surface area contributed by atoms with Crippen LogP contribution >= 0.6 is 0 Å². The Labute approximate surface area is 101 Å². The number of aromatic nitrogens is 2. The zero-order valence-electron chi connectivity index (χ0n) is 10.4. The molecule has 0 spiro atoms. The Morgan fingerprint density at radius 1 is 1.65 bits per heavy atom. The molecule has 1 aromatic heterocycles. The molecule has 0 aliphatic carbocycles. The second-order valence-electron chi connectivity index (χ2n) is 4.86. The van der Waals surface area contributed by atoms with E-state index in [0.29, 0.717) is 5.69 Å². The van der Waals surface area contributed by atoms with Crippen LogP contribution in [0.4, 0.5) is 0 Å². The standard InChI is InChI=1S/C12H20N4O/c1-8-7-10(15-14-8)12(17)16-6-4-3-5-11(16)9(2)13/h7,9,11H,3-6,13H2,1-2H3,(H,14,15)/t9-,11-/m0/s1. The first-order chi connectivity index (χ1) is 8.09. The molecule has 17 heavy (non-hydrogen) atoms. The van der Waals surface area contributed by atoms with E-state index in [9.17, 15) is 4.79 Å². The summed E-state index contributed by atoms with van der Waals surface area (Å²) in [6, 6.07) is 1.95. The molecular formula is C12H20N4O. The predicted molar refractivity (Wildman–Crippen MR) is 65.6 cm³/mol. The van der Waals surface area contributed by atoms with E-state index in [2.05, 4.69) is 10.2 Å². The summed E-state index contributed by atoms with van der Waals surface area (Å²) in [6.45, 7) is 4.64. The number of aryl methyl sites for hydroxylation is 1. The van der Waals surface area contributed by atoms with Crippen LogP contribution in [-0.4, -0.2) is 39.6 Å². The van der Waals surface area contributed by atoms with Crippen LogP contribution in [-0.2, 0) is 0 Å². The lowest BCUT2D eigenvalue weighted by Gasteiger charge is -2.37. The summed E-state index contributed by atoms with van der Waals surface area (Å²) < 4.78 is 0. The smallest absolute Gasteiger partial charge is 0.274 e. The minimum Gasteiger partial charge on any atom is -0.333 e. The van der Waals surface area contributed by atoms with E-state index < -0.39 is 0 Å². The number of nitrogens with zero attached hydrogens (tertiary/aromatic N) is 2. The van der Waals surface area contributed by atoms with Gasteiger partial charge in [-0.1, -0.05) is 0 Å². The van der Waals surface area contributed by atoms with E-state index >= 15 is 0 Å². The number of hydrogen-bond acceptors (Lipinski definition) is 3. The molecule has 2 heterocycles. The lowest BCUT2D eigenvalue weighted by atomic mass is 9.96. The van der Waals surface area contributed by atoms with Crippen molar-refractivity contribution in [2.45, 2.75) is 45.2 Å². The lowest BCUT2D eigenvalue weighted by Crippen LogP contribution is -2.51. The summed E-state index contributed by atoms with van der Waals surface area (Å²) in [5, 5.41) is 6.83. The number of rotatable bonds is 2. The van der Waals surface area contributed by atoms with Gasteiger partial charge in [0.15, 0.2) is 0 Å². The van der Waals surface area contributed by atoms with Gasteiger partial charge < -0.3 is 10.6 Å². The molecule has 0 radical (unpaired) electrons. The third kappa shape index (κ3) is 2.49. The Morgan fingerprint density at radius 2 is 2.41 bits per heavy atom. The van der Waals surface area contributed by atoms with Crippen LogP contribution in [0.3, 0.4) is 0 Å². The van der Waals surface area contributed by atoms with Crippen LogP contribution in [0.1, 0.15) is 42.4 Å². The lowest BCUT2D eigenvalue weighted by molar-refractivity contribution is 0.0577. The third-order valence-corrected chi connectivity index (χ3v) is 3.34. The average Bonchev–Trinajstić information content (AvgIpc) is 2.75. The van der Waals surface area contributed by atoms with Crippen LogP contribution in [0, 0.1) is 6.92 Å². The van der Waals surface area contributed by atoms with Gasteiger partial charge in [-0.15, -0.1) is 0 Å². The fourth-order valence-corrected chi connectivity index (χ4v) is 2.43. The number of likely N-dealkylation sites (tertiary alicyclic amines) is 1. The highest BCUT2D eigenvalue weighted by atomic mass is 16.2. The highest BCUT2D eigenvalue weighted by Gasteiger charge is 2.30. The highest BCUT2D eigenvalue weighted by molar-refractivity contribution is 5.92. The van der Waals surface area contributed by atoms with Gasteiger partial charge in [0.2, 0.25) is 0 Å². The summed E-state index contributed by atoms with van der Waals surface area (Å²) >= 11 is 0. The molecule has 1 aliphatic heterocycles.